The summed E-state index contributed by atoms with van der Waals surface area (Å²) in [5.41, 5.74) is 1.36. The average molecular weight is 299 g/mol. The van der Waals surface area contributed by atoms with Gasteiger partial charge in [-0.15, -0.1) is 0 Å². The van der Waals surface area contributed by atoms with Crippen LogP contribution in [0.3, 0.4) is 0 Å². The summed E-state index contributed by atoms with van der Waals surface area (Å²) >= 11 is 3.60. The second-order valence-corrected chi connectivity index (χ2v) is 5.46. The summed E-state index contributed by atoms with van der Waals surface area (Å²) in [5, 5.41) is 3.19. The van der Waals surface area contributed by atoms with Crippen molar-refractivity contribution in [1.29, 1.82) is 0 Å². The SMILES string of the molecule is CNCCCC(C)N(C)Cc1ccccc1Br. The van der Waals surface area contributed by atoms with Gasteiger partial charge < -0.3 is 5.32 Å². The van der Waals surface area contributed by atoms with E-state index in [-0.39, 0.29) is 0 Å². The monoisotopic (exact) mass is 298 g/mol. The van der Waals surface area contributed by atoms with Gasteiger partial charge in [0.2, 0.25) is 0 Å². The lowest BCUT2D eigenvalue weighted by molar-refractivity contribution is 0.234. The number of nitrogens with zero attached hydrogens (tertiary/aromatic N) is 1. The molecule has 1 rings (SSSR count). The predicted octanol–water partition coefficient (Wildman–Crippen LogP) is 3.27. The van der Waals surface area contributed by atoms with Crippen molar-refractivity contribution in [3.05, 3.63) is 34.3 Å². The van der Waals surface area contributed by atoms with Gasteiger partial charge in [-0.2, -0.15) is 0 Å². The molecule has 0 spiro atoms. The molecule has 0 aliphatic rings. The van der Waals surface area contributed by atoms with E-state index in [9.17, 15) is 0 Å². The molecule has 3 heteroatoms. The summed E-state index contributed by atoms with van der Waals surface area (Å²) in [6.07, 6.45) is 2.47. The average Bonchev–Trinajstić information content (AvgIpc) is 2.32. The van der Waals surface area contributed by atoms with Crippen molar-refractivity contribution >= 4 is 15.9 Å². The van der Waals surface area contributed by atoms with Gasteiger partial charge in [-0.1, -0.05) is 34.1 Å². The molecule has 2 nitrogen and oxygen atoms in total. The lowest BCUT2D eigenvalue weighted by Gasteiger charge is -2.25. The molecule has 1 aromatic carbocycles. The third-order valence-electron chi connectivity index (χ3n) is 3.18. The molecule has 1 atom stereocenters. The van der Waals surface area contributed by atoms with Crippen LogP contribution in [0, 0.1) is 0 Å². The minimum Gasteiger partial charge on any atom is -0.320 e. The summed E-state index contributed by atoms with van der Waals surface area (Å²) < 4.78 is 1.20. The fourth-order valence-electron chi connectivity index (χ4n) is 1.85. The number of nitrogens with one attached hydrogen (secondary N) is 1. The van der Waals surface area contributed by atoms with Crippen molar-refractivity contribution in [2.24, 2.45) is 0 Å². The molecule has 0 fully saturated rings. The van der Waals surface area contributed by atoms with Gasteiger partial charge in [0, 0.05) is 17.1 Å². The molecule has 0 bridgehead atoms. The van der Waals surface area contributed by atoms with E-state index in [2.05, 4.69) is 64.4 Å². The van der Waals surface area contributed by atoms with E-state index in [1.165, 1.54) is 22.9 Å². The van der Waals surface area contributed by atoms with E-state index in [1.807, 2.05) is 7.05 Å². The van der Waals surface area contributed by atoms with Crippen LogP contribution in [-0.4, -0.2) is 31.6 Å². The number of benzene rings is 1. The molecule has 0 heterocycles. The maximum absolute atomic E-state index is 3.60. The highest BCUT2D eigenvalue weighted by molar-refractivity contribution is 9.10. The number of rotatable bonds is 7. The maximum atomic E-state index is 3.60. The molecule has 1 unspecified atom stereocenters. The van der Waals surface area contributed by atoms with Crippen LogP contribution in [0.15, 0.2) is 28.7 Å². The molecule has 0 aliphatic heterocycles. The Bertz CT molecular complexity index is 328. The number of hydrogen-bond donors (Lipinski definition) is 1. The van der Waals surface area contributed by atoms with Gasteiger partial charge in [0.25, 0.3) is 0 Å². The lowest BCUT2D eigenvalue weighted by atomic mass is 10.1. The molecule has 0 radical (unpaired) electrons. The van der Waals surface area contributed by atoms with Crippen LogP contribution in [0.5, 0.6) is 0 Å². The zero-order valence-electron chi connectivity index (χ0n) is 11.0. The number of hydrogen-bond acceptors (Lipinski definition) is 2. The van der Waals surface area contributed by atoms with Crippen molar-refractivity contribution in [3.8, 4) is 0 Å². The highest BCUT2D eigenvalue weighted by Crippen LogP contribution is 2.18. The van der Waals surface area contributed by atoms with E-state index in [0.717, 1.165) is 13.1 Å². The quantitative estimate of drug-likeness (QED) is 0.777. The Labute approximate surface area is 114 Å². The van der Waals surface area contributed by atoms with Crippen molar-refractivity contribution < 1.29 is 0 Å². The molecule has 1 N–H and O–H groups in total. The lowest BCUT2D eigenvalue weighted by Crippen LogP contribution is -2.29. The Morgan fingerprint density at radius 1 is 1.35 bits per heavy atom. The van der Waals surface area contributed by atoms with Crippen LogP contribution in [0.2, 0.25) is 0 Å². The van der Waals surface area contributed by atoms with E-state index >= 15 is 0 Å². The molecule has 0 aliphatic carbocycles. The Balaban J connectivity index is 2.43. The topological polar surface area (TPSA) is 15.3 Å². The van der Waals surface area contributed by atoms with Gasteiger partial charge in [0.15, 0.2) is 0 Å². The highest BCUT2D eigenvalue weighted by atomic mass is 79.9. The third kappa shape index (κ3) is 5.19. The summed E-state index contributed by atoms with van der Waals surface area (Å²) in [5.74, 6) is 0. The van der Waals surface area contributed by atoms with E-state index in [0.29, 0.717) is 6.04 Å². The zero-order valence-corrected chi connectivity index (χ0v) is 12.6. The van der Waals surface area contributed by atoms with Crippen molar-refractivity contribution in [2.75, 3.05) is 20.6 Å². The number of halogens is 1. The van der Waals surface area contributed by atoms with Gasteiger partial charge in [0.05, 0.1) is 0 Å². The fraction of sp³-hybridized carbons (Fsp3) is 0.571. The standard InChI is InChI=1S/C14H23BrN2/c1-12(7-6-10-16-2)17(3)11-13-8-4-5-9-14(13)15/h4-5,8-9,12,16H,6-7,10-11H2,1-3H3. The second-order valence-electron chi connectivity index (χ2n) is 4.60. The first-order valence-corrected chi connectivity index (χ1v) is 7.02. The molecule has 0 saturated carbocycles. The predicted molar refractivity (Wildman–Crippen MR) is 78.2 cm³/mol. The summed E-state index contributed by atoms with van der Waals surface area (Å²) in [7, 11) is 4.21. The Kier molecular flexibility index (Phi) is 6.78. The smallest absolute Gasteiger partial charge is 0.0244 e. The normalized spacial score (nSPS) is 13.0. The minimum atomic E-state index is 0.621. The first kappa shape index (κ1) is 14.7. The summed E-state index contributed by atoms with van der Waals surface area (Å²) in [4.78, 5) is 2.41. The van der Waals surface area contributed by atoms with Crippen molar-refractivity contribution in [1.82, 2.24) is 10.2 Å². The molecular weight excluding hydrogens is 276 g/mol. The first-order chi connectivity index (χ1) is 8.15. The minimum absolute atomic E-state index is 0.621. The largest absolute Gasteiger partial charge is 0.320 e. The van der Waals surface area contributed by atoms with Gasteiger partial charge in [-0.05, 0) is 52.0 Å². The third-order valence-corrected chi connectivity index (χ3v) is 3.95. The van der Waals surface area contributed by atoms with E-state index in [4.69, 9.17) is 0 Å². The summed E-state index contributed by atoms with van der Waals surface area (Å²) in [6, 6.07) is 9.06. The fourth-order valence-corrected chi connectivity index (χ4v) is 2.26. The molecule has 17 heavy (non-hydrogen) atoms. The first-order valence-electron chi connectivity index (χ1n) is 6.23. The van der Waals surface area contributed by atoms with Crippen LogP contribution in [0.25, 0.3) is 0 Å². The highest BCUT2D eigenvalue weighted by Gasteiger charge is 2.10. The second kappa shape index (κ2) is 7.85. The van der Waals surface area contributed by atoms with Gasteiger partial charge in [-0.25, -0.2) is 0 Å². The Hall–Kier alpha value is -0.380. The van der Waals surface area contributed by atoms with Gasteiger partial charge in [0.1, 0.15) is 0 Å². The Morgan fingerprint density at radius 2 is 2.06 bits per heavy atom. The van der Waals surface area contributed by atoms with Crippen LogP contribution in [-0.2, 0) is 6.54 Å². The zero-order chi connectivity index (χ0) is 12.7. The Morgan fingerprint density at radius 3 is 2.71 bits per heavy atom. The summed E-state index contributed by atoms with van der Waals surface area (Å²) in [6.45, 7) is 4.40. The molecule has 0 saturated heterocycles. The van der Waals surface area contributed by atoms with Crippen LogP contribution in [0.4, 0.5) is 0 Å². The molecule has 0 amide bonds. The van der Waals surface area contributed by atoms with Crippen molar-refractivity contribution in [3.63, 3.8) is 0 Å². The van der Waals surface area contributed by atoms with Crippen LogP contribution >= 0.6 is 15.9 Å². The van der Waals surface area contributed by atoms with Crippen molar-refractivity contribution in [2.45, 2.75) is 32.4 Å². The molecule has 0 aromatic heterocycles. The molecule has 1 aromatic rings. The molecule has 96 valence electrons. The van der Waals surface area contributed by atoms with Gasteiger partial charge in [-0.3, -0.25) is 4.90 Å². The maximum Gasteiger partial charge on any atom is 0.0244 e. The van der Waals surface area contributed by atoms with Crippen LogP contribution in [0.1, 0.15) is 25.3 Å². The van der Waals surface area contributed by atoms with Gasteiger partial charge >= 0.3 is 0 Å². The molecular formula is C14H23BrN2. The van der Waals surface area contributed by atoms with E-state index < -0.39 is 0 Å². The van der Waals surface area contributed by atoms with Crippen LogP contribution < -0.4 is 5.32 Å². The van der Waals surface area contributed by atoms with E-state index in [1.54, 1.807) is 0 Å².